The number of hydrogen-bond donors (Lipinski definition) is 1. The molecule has 0 heterocycles. The summed E-state index contributed by atoms with van der Waals surface area (Å²) in [5.74, 6) is 0.267. The topological polar surface area (TPSA) is 32.6 Å². The lowest BCUT2D eigenvalue weighted by Crippen LogP contribution is -2.19. The normalized spacial score (nSPS) is 11.7. The van der Waals surface area contributed by atoms with Gasteiger partial charge in [-0.1, -0.05) is 92.7 Å². The fourth-order valence-corrected chi connectivity index (χ4v) is 3.70. The van der Waals surface area contributed by atoms with Crippen LogP contribution in [0.3, 0.4) is 0 Å². The standard InChI is InChI=1S/C28H25NO/c1-28(2,24-14-8-4-9-15-24)26-19-22(21-12-6-3-7-13-21)18-23(27(26)30)20-29-25-16-10-5-11-17-25/h3-20,30H,1-2H3. The number of benzene rings is 4. The van der Waals surface area contributed by atoms with Gasteiger partial charge in [0.25, 0.3) is 0 Å². The summed E-state index contributed by atoms with van der Waals surface area (Å²) in [6.45, 7) is 4.29. The van der Waals surface area contributed by atoms with Gasteiger partial charge in [0.2, 0.25) is 0 Å². The molecular formula is C28H25NO. The quantitative estimate of drug-likeness (QED) is 0.360. The summed E-state index contributed by atoms with van der Waals surface area (Å²) in [6, 6.07) is 34.4. The fourth-order valence-electron chi connectivity index (χ4n) is 3.70. The summed E-state index contributed by atoms with van der Waals surface area (Å²) in [7, 11) is 0. The molecule has 4 aromatic rings. The monoisotopic (exact) mass is 391 g/mol. The fraction of sp³-hybridized carbons (Fsp3) is 0.107. The predicted octanol–water partition coefficient (Wildman–Crippen LogP) is 7.14. The van der Waals surface area contributed by atoms with Crippen molar-refractivity contribution in [3.8, 4) is 16.9 Å². The van der Waals surface area contributed by atoms with Gasteiger partial charge in [-0.15, -0.1) is 0 Å². The number of rotatable bonds is 5. The molecule has 0 radical (unpaired) electrons. The molecule has 0 aliphatic heterocycles. The highest BCUT2D eigenvalue weighted by Crippen LogP contribution is 2.40. The number of phenolic OH excluding ortho intramolecular Hbond substituents is 1. The summed E-state index contributed by atoms with van der Waals surface area (Å²) in [6.07, 6.45) is 1.75. The highest BCUT2D eigenvalue weighted by Gasteiger charge is 2.28. The Kier molecular flexibility index (Phi) is 5.49. The Bertz CT molecular complexity index is 1150. The summed E-state index contributed by atoms with van der Waals surface area (Å²) in [4.78, 5) is 4.58. The minimum atomic E-state index is -0.370. The molecule has 4 rings (SSSR count). The van der Waals surface area contributed by atoms with Crippen molar-refractivity contribution in [3.63, 3.8) is 0 Å². The van der Waals surface area contributed by atoms with Gasteiger partial charge in [-0.2, -0.15) is 0 Å². The van der Waals surface area contributed by atoms with Crippen LogP contribution in [0.4, 0.5) is 5.69 Å². The zero-order valence-corrected chi connectivity index (χ0v) is 17.3. The highest BCUT2D eigenvalue weighted by atomic mass is 16.3. The Morgan fingerprint density at radius 2 is 1.27 bits per heavy atom. The van der Waals surface area contributed by atoms with Crippen LogP contribution in [0.5, 0.6) is 5.75 Å². The van der Waals surface area contributed by atoms with E-state index < -0.39 is 0 Å². The van der Waals surface area contributed by atoms with Crippen molar-refractivity contribution in [2.75, 3.05) is 0 Å². The predicted molar refractivity (Wildman–Crippen MR) is 126 cm³/mol. The van der Waals surface area contributed by atoms with E-state index in [-0.39, 0.29) is 11.2 Å². The van der Waals surface area contributed by atoms with Gasteiger partial charge in [-0.3, -0.25) is 4.99 Å². The van der Waals surface area contributed by atoms with E-state index in [1.165, 1.54) is 0 Å². The maximum Gasteiger partial charge on any atom is 0.128 e. The van der Waals surface area contributed by atoms with Gasteiger partial charge in [0.1, 0.15) is 5.75 Å². The minimum absolute atomic E-state index is 0.267. The molecule has 2 nitrogen and oxygen atoms in total. The van der Waals surface area contributed by atoms with E-state index in [1.54, 1.807) is 6.21 Å². The second-order valence-corrected chi connectivity index (χ2v) is 7.91. The first-order valence-corrected chi connectivity index (χ1v) is 10.1. The van der Waals surface area contributed by atoms with E-state index in [2.05, 4.69) is 49.2 Å². The van der Waals surface area contributed by atoms with E-state index in [9.17, 15) is 5.11 Å². The Morgan fingerprint density at radius 3 is 1.90 bits per heavy atom. The van der Waals surface area contributed by atoms with Crippen LogP contribution < -0.4 is 0 Å². The van der Waals surface area contributed by atoms with Crippen molar-refractivity contribution >= 4 is 11.9 Å². The summed E-state index contributed by atoms with van der Waals surface area (Å²) in [5, 5.41) is 11.2. The Balaban J connectivity index is 1.88. The average Bonchev–Trinajstić information content (AvgIpc) is 2.80. The number of nitrogens with zero attached hydrogens (tertiary/aromatic N) is 1. The van der Waals surface area contributed by atoms with E-state index in [4.69, 9.17) is 0 Å². The van der Waals surface area contributed by atoms with E-state index in [0.29, 0.717) is 5.56 Å². The summed E-state index contributed by atoms with van der Waals surface area (Å²) >= 11 is 0. The number of hydrogen-bond acceptors (Lipinski definition) is 2. The first-order valence-electron chi connectivity index (χ1n) is 10.1. The second-order valence-electron chi connectivity index (χ2n) is 7.91. The number of aliphatic imine (C=N–C) groups is 1. The molecule has 0 fully saturated rings. The maximum atomic E-state index is 11.2. The van der Waals surface area contributed by atoms with Crippen molar-refractivity contribution < 1.29 is 5.11 Å². The van der Waals surface area contributed by atoms with Crippen LogP contribution in [0.2, 0.25) is 0 Å². The summed E-state index contributed by atoms with van der Waals surface area (Å²) < 4.78 is 0. The molecule has 1 N–H and O–H groups in total. The Morgan fingerprint density at radius 1 is 0.700 bits per heavy atom. The molecule has 148 valence electrons. The molecule has 0 bridgehead atoms. The van der Waals surface area contributed by atoms with Gasteiger partial charge in [0.05, 0.1) is 5.69 Å². The molecular weight excluding hydrogens is 366 g/mol. The lowest BCUT2D eigenvalue weighted by Gasteiger charge is -2.28. The third-order valence-electron chi connectivity index (χ3n) is 5.52. The van der Waals surface area contributed by atoms with Crippen LogP contribution in [0.1, 0.15) is 30.5 Å². The van der Waals surface area contributed by atoms with Gasteiger partial charge in [0.15, 0.2) is 0 Å². The first-order chi connectivity index (χ1) is 14.6. The number of para-hydroxylation sites is 1. The van der Waals surface area contributed by atoms with Gasteiger partial charge in [0, 0.05) is 22.8 Å². The lowest BCUT2D eigenvalue weighted by molar-refractivity contribution is 0.452. The van der Waals surface area contributed by atoms with Crippen molar-refractivity contribution in [1.82, 2.24) is 0 Å². The molecule has 30 heavy (non-hydrogen) atoms. The third-order valence-corrected chi connectivity index (χ3v) is 5.52. The van der Waals surface area contributed by atoms with Crippen LogP contribution >= 0.6 is 0 Å². The molecule has 0 aromatic heterocycles. The Labute approximate surface area is 178 Å². The van der Waals surface area contributed by atoms with Gasteiger partial charge in [-0.05, 0) is 41.0 Å². The van der Waals surface area contributed by atoms with E-state index >= 15 is 0 Å². The second kappa shape index (κ2) is 8.38. The zero-order chi connectivity index (χ0) is 21.0. The number of phenols is 1. The molecule has 0 amide bonds. The molecule has 0 aliphatic carbocycles. The largest absolute Gasteiger partial charge is 0.507 e. The number of aromatic hydroxyl groups is 1. The zero-order valence-electron chi connectivity index (χ0n) is 17.3. The van der Waals surface area contributed by atoms with Crippen LogP contribution in [-0.2, 0) is 5.41 Å². The molecule has 0 aliphatic rings. The molecule has 0 saturated carbocycles. The molecule has 0 unspecified atom stereocenters. The smallest absolute Gasteiger partial charge is 0.128 e. The van der Waals surface area contributed by atoms with Crippen LogP contribution in [0.15, 0.2) is 108 Å². The van der Waals surface area contributed by atoms with E-state index in [0.717, 1.165) is 27.9 Å². The van der Waals surface area contributed by atoms with Crippen LogP contribution in [0.25, 0.3) is 11.1 Å². The molecule has 4 aromatic carbocycles. The van der Waals surface area contributed by atoms with Gasteiger partial charge in [-0.25, -0.2) is 0 Å². The van der Waals surface area contributed by atoms with E-state index in [1.807, 2.05) is 72.8 Å². The van der Waals surface area contributed by atoms with Crippen molar-refractivity contribution in [2.24, 2.45) is 4.99 Å². The first kappa shape index (κ1) is 19.7. The molecule has 0 saturated heterocycles. The molecule has 0 atom stereocenters. The van der Waals surface area contributed by atoms with Crippen LogP contribution in [0, 0.1) is 0 Å². The highest BCUT2D eigenvalue weighted by molar-refractivity contribution is 5.89. The maximum absolute atomic E-state index is 11.2. The SMILES string of the molecule is CC(C)(c1ccccc1)c1cc(-c2ccccc2)cc(C=Nc2ccccc2)c1O. The van der Waals surface area contributed by atoms with Gasteiger partial charge >= 0.3 is 0 Å². The van der Waals surface area contributed by atoms with Gasteiger partial charge < -0.3 is 5.11 Å². The van der Waals surface area contributed by atoms with Crippen molar-refractivity contribution in [1.29, 1.82) is 0 Å². The minimum Gasteiger partial charge on any atom is -0.507 e. The summed E-state index contributed by atoms with van der Waals surface area (Å²) in [5.41, 5.74) is 5.39. The molecule has 0 spiro atoms. The molecule has 2 heteroatoms. The lowest BCUT2D eigenvalue weighted by atomic mass is 9.76. The van der Waals surface area contributed by atoms with Crippen molar-refractivity contribution in [3.05, 3.63) is 120 Å². The van der Waals surface area contributed by atoms with Crippen LogP contribution in [-0.4, -0.2) is 11.3 Å². The average molecular weight is 392 g/mol. The Hall–Kier alpha value is -3.65. The third kappa shape index (κ3) is 4.04. The van der Waals surface area contributed by atoms with Crippen molar-refractivity contribution in [2.45, 2.75) is 19.3 Å².